The highest BCUT2D eigenvalue weighted by atomic mass is 16.7. The molecule has 1 atom stereocenters. The van der Waals surface area contributed by atoms with E-state index in [1.54, 1.807) is 0 Å². The molecule has 158 valence electrons. The first-order valence-electron chi connectivity index (χ1n) is 9.37. The molecule has 0 amide bonds. The van der Waals surface area contributed by atoms with Crippen molar-refractivity contribution in [1.29, 1.82) is 0 Å². The van der Waals surface area contributed by atoms with Crippen LogP contribution in [-0.2, 0) is 38.1 Å². The molecule has 1 aliphatic rings. The van der Waals surface area contributed by atoms with Gasteiger partial charge in [-0.1, -0.05) is 26.7 Å². The van der Waals surface area contributed by atoms with Crippen molar-refractivity contribution in [3.63, 3.8) is 0 Å². The topological polar surface area (TPSA) is 125 Å². The van der Waals surface area contributed by atoms with Crippen molar-refractivity contribution in [3.05, 3.63) is 11.1 Å². The Hall–Kier alpha value is -2.42. The first-order chi connectivity index (χ1) is 13.3. The van der Waals surface area contributed by atoms with Gasteiger partial charge in [-0.25, -0.2) is 9.59 Å². The monoisotopic (exact) mass is 400 g/mol. The van der Waals surface area contributed by atoms with Crippen LogP contribution in [0, 0.1) is 0 Å². The van der Waals surface area contributed by atoms with Gasteiger partial charge in [-0.15, -0.1) is 0 Å². The van der Waals surface area contributed by atoms with Crippen LogP contribution >= 0.6 is 0 Å². The summed E-state index contributed by atoms with van der Waals surface area (Å²) in [5, 5.41) is 10.8. The summed E-state index contributed by atoms with van der Waals surface area (Å²) in [5.41, 5.74) is -0.824. The number of esters is 4. The number of carbonyl (C=O) groups excluding carboxylic acids is 4. The number of ether oxygens (including phenoxy) is 4. The molecule has 0 bridgehead atoms. The highest BCUT2D eigenvalue weighted by Crippen LogP contribution is 2.37. The van der Waals surface area contributed by atoms with Gasteiger partial charge >= 0.3 is 23.9 Å². The molecule has 9 nitrogen and oxygen atoms in total. The molecule has 9 heteroatoms. The van der Waals surface area contributed by atoms with Crippen molar-refractivity contribution >= 4 is 23.9 Å². The average Bonchev–Trinajstić information content (AvgIpc) is 2.94. The van der Waals surface area contributed by atoms with E-state index in [0.29, 0.717) is 12.8 Å². The maximum absolute atomic E-state index is 12.5. The molecule has 1 rings (SSSR count). The van der Waals surface area contributed by atoms with Crippen LogP contribution in [0.5, 0.6) is 0 Å². The predicted molar refractivity (Wildman–Crippen MR) is 95.7 cm³/mol. The van der Waals surface area contributed by atoms with Gasteiger partial charge in [0.1, 0.15) is 0 Å². The third kappa shape index (κ3) is 6.63. The third-order valence-electron chi connectivity index (χ3n) is 4.14. The van der Waals surface area contributed by atoms with Crippen molar-refractivity contribution in [2.75, 3.05) is 20.3 Å². The van der Waals surface area contributed by atoms with Crippen molar-refractivity contribution in [2.24, 2.45) is 0 Å². The Morgan fingerprint density at radius 1 is 1.07 bits per heavy atom. The predicted octanol–water partition coefficient (Wildman–Crippen LogP) is 1.56. The van der Waals surface area contributed by atoms with Gasteiger partial charge in [-0.2, -0.15) is 0 Å². The number of hydrogen-bond donors (Lipinski definition) is 1. The second kappa shape index (κ2) is 11.4. The fourth-order valence-electron chi connectivity index (χ4n) is 2.52. The minimum atomic E-state index is -2.28. The van der Waals surface area contributed by atoms with Crippen molar-refractivity contribution < 1.29 is 43.2 Å². The number of hydrogen-bond acceptors (Lipinski definition) is 9. The van der Waals surface area contributed by atoms with E-state index in [1.807, 2.05) is 13.8 Å². The summed E-state index contributed by atoms with van der Waals surface area (Å²) in [6.45, 7) is 3.95. The van der Waals surface area contributed by atoms with Crippen LogP contribution in [0.3, 0.4) is 0 Å². The largest absolute Gasteiger partial charge is 0.469 e. The van der Waals surface area contributed by atoms with Crippen LogP contribution in [0.1, 0.15) is 58.8 Å². The van der Waals surface area contributed by atoms with Crippen LogP contribution in [0.4, 0.5) is 0 Å². The molecule has 0 aliphatic carbocycles. The zero-order valence-electron chi connectivity index (χ0n) is 16.6. The smallest absolute Gasteiger partial charge is 0.345 e. The molecule has 0 aromatic carbocycles. The lowest BCUT2D eigenvalue weighted by Crippen LogP contribution is -2.34. The fourth-order valence-corrected chi connectivity index (χ4v) is 2.52. The molecule has 1 N–H and O–H groups in total. The molecule has 1 heterocycles. The molecule has 0 radical (unpaired) electrons. The molecule has 1 aliphatic heterocycles. The highest BCUT2D eigenvalue weighted by molar-refractivity contribution is 6.15. The van der Waals surface area contributed by atoms with E-state index < -0.39 is 41.7 Å². The number of aliphatic hydroxyl groups is 1. The minimum Gasteiger partial charge on any atom is -0.469 e. The van der Waals surface area contributed by atoms with Gasteiger partial charge in [0.05, 0.1) is 33.2 Å². The molecular formula is C19H28O9. The van der Waals surface area contributed by atoms with Gasteiger partial charge in [-0.05, 0) is 12.8 Å². The summed E-state index contributed by atoms with van der Waals surface area (Å²) in [7, 11) is 1.17. The Kier molecular flexibility index (Phi) is 9.64. The minimum absolute atomic E-state index is 0.0732. The zero-order chi connectivity index (χ0) is 21.2. The van der Waals surface area contributed by atoms with E-state index in [2.05, 4.69) is 4.74 Å². The van der Waals surface area contributed by atoms with E-state index in [1.165, 1.54) is 7.11 Å². The first kappa shape index (κ1) is 23.6. The lowest BCUT2D eigenvalue weighted by atomic mass is 9.95. The normalized spacial score (nSPS) is 18.4. The first-order valence-corrected chi connectivity index (χ1v) is 9.37. The van der Waals surface area contributed by atoms with Crippen LogP contribution in [0.2, 0.25) is 0 Å². The molecule has 1 saturated heterocycles. The molecule has 0 spiro atoms. The molecule has 0 aromatic heterocycles. The highest BCUT2D eigenvalue weighted by Gasteiger charge is 2.48. The molecule has 0 unspecified atom stereocenters. The number of rotatable bonds is 11. The van der Waals surface area contributed by atoms with Gasteiger partial charge in [0, 0.05) is 12.0 Å². The quantitative estimate of drug-likeness (QED) is 0.137. The Bertz CT molecular complexity index is 599. The van der Waals surface area contributed by atoms with Crippen LogP contribution < -0.4 is 0 Å². The Balaban J connectivity index is 3.20. The van der Waals surface area contributed by atoms with Crippen LogP contribution in [-0.4, -0.2) is 55.1 Å². The summed E-state index contributed by atoms with van der Waals surface area (Å²) in [6, 6.07) is 0. The Labute approximate surface area is 164 Å². The van der Waals surface area contributed by atoms with E-state index >= 15 is 0 Å². The van der Waals surface area contributed by atoms with Gasteiger partial charge < -0.3 is 24.1 Å². The SMILES string of the molecule is CCCCOC(=O)C(C(=O)OCCCC)=C1CC(=O)O[C@@]1(O)CCC(=O)OC. The number of carbonyl (C=O) groups is 4. The lowest BCUT2D eigenvalue weighted by Gasteiger charge is -2.23. The van der Waals surface area contributed by atoms with Crippen molar-refractivity contribution in [1.82, 2.24) is 0 Å². The van der Waals surface area contributed by atoms with Gasteiger partial charge in [0.25, 0.3) is 0 Å². The summed E-state index contributed by atoms with van der Waals surface area (Å²) >= 11 is 0. The van der Waals surface area contributed by atoms with Crippen molar-refractivity contribution in [2.45, 2.75) is 64.6 Å². The van der Waals surface area contributed by atoms with E-state index in [0.717, 1.165) is 12.8 Å². The number of cyclic esters (lactones) is 1. The second-order valence-corrected chi connectivity index (χ2v) is 6.34. The summed E-state index contributed by atoms with van der Waals surface area (Å²) < 4.78 is 19.6. The van der Waals surface area contributed by atoms with E-state index in [9.17, 15) is 24.3 Å². The van der Waals surface area contributed by atoms with Crippen LogP contribution in [0.25, 0.3) is 0 Å². The van der Waals surface area contributed by atoms with E-state index in [4.69, 9.17) is 14.2 Å². The van der Waals surface area contributed by atoms with E-state index in [-0.39, 0.29) is 31.6 Å². The van der Waals surface area contributed by atoms with Gasteiger partial charge in [0.2, 0.25) is 5.79 Å². The lowest BCUT2D eigenvalue weighted by molar-refractivity contribution is -0.183. The number of methoxy groups -OCH3 is 1. The molecule has 0 aromatic rings. The Morgan fingerprint density at radius 2 is 1.61 bits per heavy atom. The van der Waals surface area contributed by atoms with Crippen molar-refractivity contribution in [3.8, 4) is 0 Å². The molecular weight excluding hydrogens is 372 g/mol. The fraction of sp³-hybridized carbons (Fsp3) is 0.684. The average molecular weight is 400 g/mol. The number of unbranched alkanes of at least 4 members (excludes halogenated alkanes) is 2. The van der Waals surface area contributed by atoms with Gasteiger partial charge in [-0.3, -0.25) is 9.59 Å². The Morgan fingerprint density at radius 3 is 2.07 bits per heavy atom. The van der Waals surface area contributed by atoms with Crippen LogP contribution in [0.15, 0.2) is 11.1 Å². The second-order valence-electron chi connectivity index (χ2n) is 6.34. The maximum atomic E-state index is 12.5. The standard InChI is InChI=1S/C19H28O9/c1-4-6-10-26-17(22)16(18(23)27-11-7-5-2)13-12-15(21)28-19(13,24)9-8-14(20)25-3/h24H,4-12H2,1-3H3/t19-/m0/s1. The maximum Gasteiger partial charge on any atom is 0.345 e. The molecule has 0 saturated carbocycles. The summed E-state index contributed by atoms with van der Waals surface area (Å²) in [6.07, 6.45) is 1.57. The molecule has 28 heavy (non-hydrogen) atoms. The zero-order valence-corrected chi connectivity index (χ0v) is 16.6. The summed E-state index contributed by atoms with van der Waals surface area (Å²) in [5.74, 6) is -5.76. The molecule has 1 fully saturated rings. The third-order valence-corrected chi connectivity index (χ3v) is 4.14. The summed E-state index contributed by atoms with van der Waals surface area (Å²) in [4.78, 5) is 48.3. The van der Waals surface area contributed by atoms with Gasteiger partial charge in [0.15, 0.2) is 5.57 Å².